The molecule has 1 amide bonds. The highest BCUT2D eigenvalue weighted by Crippen LogP contribution is 2.35. The molecule has 1 N–H and O–H groups in total. The fraction of sp³-hybridized carbons (Fsp3) is 0.143. The van der Waals surface area contributed by atoms with Gasteiger partial charge >= 0.3 is 6.18 Å². The quantitative estimate of drug-likeness (QED) is 0.778. The Balaban J connectivity index is 2.39. The zero-order valence-electron chi connectivity index (χ0n) is 11.1. The normalized spacial score (nSPS) is 11.4. The molecule has 0 aliphatic heterocycles. The van der Waals surface area contributed by atoms with Crippen molar-refractivity contribution < 1.29 is 18.0 Å². The third-order valence-electron chi connectivity index (χ3n) is 2.85. The number of amides is 1. The van der Waals surface area contributed by atoms with Crippen molar-refractivity contribution >= 4 is 34.8 Å². The first-order valence-corrected chi connectivity index (χ1v) is 6.76. The maximum absolute atomic E-state index is 12.9. The van der Waals surface area contributed by atoms with E-state index in [1.165, 1.54) is 18.2 Å². The molecule has 0 saturated heterocycles. The average Bonchev–Trinajstić information content (AvgIpc) is 2.36. The van der Waals surface area contributed by atoms with Crippen LogP contribution in [0.1, 0.15) is 21.5 Å². The van der Waals surface area contributed by atoms with Gasteiger partial charge in [0.15, 0.2) is 0 Å². The number of carbonyl (C=O) groups excluding carboxylic acids is 1. The van der Waals surface area contributed by atoms with Crippen LogP contribution in [0.5, 0.6) is 0 Å². The van der Waals surface area contributed by atoms with Crippen LogP contribution in [0.2, 0.25) is 10.3 Å². The van der Waals surface area contributed by atoms with Crippen molar-refractivity contribution in [3.05, 3.63) is 57.3 Å². The van der Waals surface area contributed by atoms with Crippen molar-refractivity contribution in [1.82, 2.24) is 4.98 Å². The molecule has 8 heteroatoms. The minimum atomic E-state index is -4.58. The van der Waals surface area contributed by atoms with Crippen LogP contribution < -0.4 is 5.32 Å². The number of aromatic nitrogens is 1. The van der Waals surface area contributed by atoms with E-state index < -0.39 is 17.6 Å². The Kier molecular flexibility index (Phi) is 4.63. The first-order valence-electron chi connectivity index (χ1n) is 6.00. The Hall–Kier alpha value is -1.79. The van der Waals surface area contributed by atoms with Gasteiger partial charge in [0.2, 0.25) is 0 Å². The molecule has 1 aromatic heterocycles. The summed E-state index contributed by atoms with van der Waals surface area (Å²) in [6, 6.07) is 6.06. The van der Waals surface area contributed by atoms with E-state index in [0.717, 1.165) is 12.1 Å². The molecule has 0 atom stereocenters. The van der Waals surface area contributed by atoms with E-state index in [-0.39, 0.29) is 21.6 Å². The lowest BCUT2D eigenvalue weighted by atomic mass is 10.1. The number of hydrogen-bond acceptors (Lipinski definition) is 2. The highest BCUT2D eigenvalue weighted by molar-refractivity contribution is 6.35. The van der Waals surface area contributed by atoms with Crippen LogP contribution in [0.15, 0.2) is 30.3 Å². The van der Waals surface area contributed by atoms with Gasteiger partial charge in [-0.15, -0.1) is 0 Å². The number of aryl methyl sites for hydroxylation is 1. The van der Waals surface area contributed by atoms with E-state index >= 15 is 0 Å². The standard InChI is InChI=1S/C14H9Cl2F3N2O/c1-7-6-10(15)21-12(16)11(7)13(22)20-9-5-3-2-4-8(9)14(17,18)19/h2-6H,1H3,(H,20,22). The van der Waals surface area contributed by atoms with Gasteiger partial charge in [0.25, 0.3) is 5.91 Å². The van der Waals surface area contributed by atoms with E-state index in [1.54, 1.807) is 6.92 Å². The highest BCUT2D eigenvalue weighted by atomic mass is 35.5. The number of halogens is 5. The fourth-order valence-corrected chi connectivity index (χ4v) is 2.51. The van der Waals surface area contributed by atoms with Crippen molar-refractivity contribution in [2.45, 2.75) is 13.1 Å². The number of anilines is 1. The molecule has 0 aliphatic carbocycles. The highest BCUT2D eigenvalue weighted by Gasteiger charge is 2.33. The lowest BCUT2D eigenvalue weighted by molar-refractivity contribution is -0.136. The molecule has 0 radical (unpaired) electrons. The van der Waals surface area contributed by atoms with Crippen molar-refractivity contribution in [3.8, 4) is 0 Å². The number of carbonyl (C=O) groups is 1. The van der Waals surface area contributed by atoms with Gasteiger partial charge in [-0.25, -0.2) is 4.98 Å². The van der Waals surface area contributed by atoms with Crippen molar-refractivity contribution in [1.29, 1.82) is 0 Å². The van der Waals surface area contributed by atoms with Crippen molar-refractivity contribution in [2.24, 2.45) is 0 Å². The summed E-state index contributed by atoms with van der Waals surface area (Å²) >= 11 is 11.5. The second kappa shape index (κ2) is 6.14. The summed E-state index contributed by atoms with van der Waals surface area (Å²) in [6.07, 6.45) is -4.58. The number of hydrogen-bond donors (Lipinski definition) is 1. The van der Waals surface area contributed by atoms with E-state index in [1.807, 2.05) is 0 Å². The molecular formula is C14H9Cl2F3N2O. The first-order chi connectivity index (χ1) is 10.2. The molecule has 0 saturated carbocycles. The van der Waals surface area contributed by atoms with Crippen LogP contribution in [0, 0.1) is 6.92 Å². The first kappa shape index (κ1) is 16.6. The lowest BCUT2D eigenvalue weighted by Gasteiger charge is -2.14. The third-order valence-corrected chi connectivity index (χ3v) is 3.32. The van der Waals surface area contributed by atoms with Crippen LogP contribution in [0.4, 0.5) is 18.9 Å². The van der Waals surface area contributed by atoms with Gasteiger partial charge in [-0.1, -0.05) is 35.3 Å². The molecule has 0 aliphatic rings. The second-order valence-corrected chi connectivity index (χ2v) is 5.17. The van der Waals surface area contributed by atoms with Gasteiger partial charge in [-0.2, -0.15) is 13.2 Å². The zero-order valence-corrected chi connectivity index (χ0v) is 12.6. The average molecular weight is 349 g/mol. The largest absolute Gasteiger partial charge is 0.418 e. The Morgan fingerprint density at radius 3 is 2.45 bits per heavy atom. The Morgan fingerprint density at radius 2 is 1.86 bits per heavy atom. The summed E-state index contributed by atoms with van der Waals surface area (Å²) in [6.45, 7) is 1.56. The Morgan fingerprint density at radius 1 is 1.23 bits per heavy atom. The SMILES string of the molecule is Cc1cc(Cl)nc(Cl)c1C(=O)Nc1ccccc1C(F)(F)F. The van der Waals surface area contributed by atoms with Crippen LogP contribution in [-0.4, -0.2) is 10.9 Å². The monoisotopic (exact) mass is 348 g/mol. The second-order valence-electron chi connectivity index (χ2n) is 4.43. The van der Waals surface area contributed by atoms with E-state index in [2.05, 4.69) is 10.3 Å². The Bertz CT molecular complexity index is 709. The van der Waals surface area contributed by atoms with Gasteiger partial charge in [0.05, 0.1) is 16.8 Å². The number of rotatable bonds is 2. The smallest absolute Gasteiger partial charge is 0.321 e. The molecule has 22 heavy (non-hydrogen) atoms. The van der Waals surface area contributed by atoms with Crippen molar-refractivity contribution in [2.75, 3.05) is 5.32 Å². The summed E-state index contributed by atoms with van der Waals surface area (Å²) in [5, 5.41) is 2.13. The van der Waals surface area contributed by atoms with Crippen LogP contribution in [-0.2, 0) is 6.18 Å². The zero-order chi connectivity index (χ0) is 16.5. The number of benzene rings is 1. The fourth-order valence-electron chi connectivity index (χ4n) is 1.89. The van der Waals surface area contributed by atoms with Crippen LogP contribution >= 0.6 is 23.2 Å². The Labute approximate surface area is 134 Å². The van der Waals surface area contributed by atoms with E-state index in [9.17, 15) is 18.0 Å². The summed E-state index contributed by atoms with van der Waals surface area (Å²) in [5.74, 6) is -0.789. The van der Waals surface area contributed by atoms with Gasteiger partial charge in [0, 0.05) is 0 Å². The molecule has 0 fully saturated rings. The molecule has 116 valence electrons. The number of para-hydroxylation sites is 1. The van der Waals surface area contributed by atoms with Gasteiger partial charge in [0.1, 0.15) is 10.3 Å². The van der Waals surface area contributed by atoms with E-state index in [4.69, 9.17) is 23.2 Å². The maximum atomic E-state index is 12.9. The van der Waals surface area contributed by atoms with Crippen LogP contribution in [0.25, 0.3) is 0 Å². The molecule has 0 bridgehead atoms. The molecule has 1 heterocycles. The van der Waals surface area contributed by atoms with Gasteiger partial charge in [-0.3, -0.25) is 4.79 Å². The minimum Gasteiger partial charge on any atom is -0.321 e. The summed E-state index contributed by atoms with van der Waals surface area (Å²) < 4.78 is 38.7. The van der Waals surface area contributed by atoms with Gasteiger partial charge in [-0.05, 0) is 30.7 Å². The lowest BCUT2D eigenvalue weighted by Crippen LogP contribution is -2.18. The topological polar surface area (TPSA) is 42.0 Å². The summed E-state index contributed by atoms with van der Waals surface area (Å²) in [7, 11) is 0. The van der Waals surface area contributed by atoms with E-state index in [0.29, 0.717) is 5.56 Å². The molecule has 0 spiro atoms. The molecule has 1 aromatic carbocycles. The van der Waals surface area contributed by atoms with Crippen molar-refractivity contribution in [3.63, 3.8) is 0 Å². The third kappa shape index (κ3) is 3.51. The molecule has 2 rings (SSSR count). The number of nitrogens with zero attached hydrogens (tertiary/aromatic N) is 1. The molecular weight excluding hydrogens is 340 g/mol. The molecule has 3 nitrogen and oxygen atoms in total. The number of nitrogens with one attached hydrogen (secondary N) is 1. The minimum absolute atomic E-state index is 0.0250. The molecule has 2 aromatic rings. The summed E-state index contributed by atoms with van der Waals surface area (Å²) in [5.41, 5.74) is -0.917. The predicted molar refractivity (Wildman–Crippen MR) is 78.4 cm³/mol. The molecule has 0 unspecified atom stereocenters. The number of alkyl halides is 3. The van der Waals surface area contributed by atoms with Gasteiger partial charge < -0.3 is 5.32 Å². The maximum Gasteiger partial charge on any atom is 0.418 e. The predicted octanol–water partition coefficient (Wildman–Crippen LogP) is 4.97. The number of pyridine rings is 1. The summed E-state index contributed by atoms with van der Waals surface area (Å²) in [4.78, 5) is 15.9. The van der Waals surface area contributed by atoms with Crippen LogP contribution in [0.3, 0.4) is 0 Å².